The van der Waals surface area contributed by atoms with Gasteiger partial charge in [-0.05, 0) is 25.0 Å². The third kappa shape index (κ3) is 2.18. The van der Waals surface area contributed by atoms with E-state index in [4.69, 9.17) is 4.74 Å². The van der Waals surface area contributed by atoms with E-state index in [2.05, 4.69) is 10.2 Å². The van der Waals surface area contributed by atoms with E-state index in [9.17, 15) is 8.42 Å². The average Bonchev–Trinajstić information content (AvgIpc) is 2.81. The van der Waals surface area contributed by atoms with E-state index in [0.717, 1.165) is 6.42 Å². The molecule has 1 aliphatic rings. The van der Waals surface area contributed by atoms with Crippen LogP contribution in [0.25, 0.3) is 5.65 Å². The summed E-state index contributed by atoms with van der Waals surface area (Å²) >= 11 is 0. The van der Waals surface area contributed by atoms with Gasteiger partial charge in [-0.15, -0.1) is 10.2 Å². The molecule has 2 aromatic rings. The van der Waals surface area contributed by atoms with Crippen molar-refractivity contribution in [1.82, 2.24) is 14.6 Å². The number of aromatic nitrogens is 3. The molecule has 0 aromatic carbocycles. The zero-order valence-corrected chi connectivity index (χ0v) is 11.4. The van der Waals surface area contributed by atoms with Gasteiger partial charge in [-0.1, -0.05) is 6.07 Å². The first-order valence-electron chi connectivity index (χ1n) is 6.19. The Labute approximate surface area is 111 Å². The van der Waals surface area contributed by atoms with E-state index in [0.29, 0.717) is 23.8 Å². The maximum absolute atomic E-state index is 11.8. The largest absolute Gasteiger partial charge is 0.482 e. The fourth-order valence-corrected chi connectivity index (χ4v) is 4.29. The zero-order chi connectivity index (χ0) is 13.5. The third-order valence-corrected chi connectivity index (χ3v) is 5.28. The van der Waals surface area contributed by atoms with Crippen LogP contribution in [0.5, 0.6) is 5.88 Å². The summed E-state index contributed by atoms with van der Waals surface area (Å²) in [6, 6.07) is 5.48. The molecular formula is C12H15N3O3S. The molecule has 2 aromatic heterocycles. The molecule has 0 N–H and O–H groups in total. The molecule has 6 nitrogen and oxygen atoms in total. The minimum absolute atomic E-state index is 0.106. The van der Waals surface area contributed by atoms with Gasteiger partial charge < -0.3 is 4.74 Å². The fraction of sp³-hybridized carbons (Fsp3) is 0.500. The number of pyridine rings is 1. The van der Waals surface area contributed by atoms with Crippen molar-refractivity contribution in [1.29, 1.82) is 0 Å². The molecule has 1 fully saturated rings. The molecule has 0 aliphatic carbocycles. The lowest BCUT2D eigenvalue weighted by atomic mass is 10.0. The van der Waals surface area contributed by atoms with Gasteiger partial charge in [0.25, 0.3) is 0 Å². The van der Waals surface area contributed by atoms with Crippen LogP contribution < -0.4 is 4.74 Å². The van der Waals surface area contributed by atoms with E-state index >= 15 is 0 Å². The Balaban J connectivity index is 2.10. The third-order valence-electron chi connectivity index (χ3n) is 3.45. The lowest BCUT2D eigenvalue weighted by molar-refractivity contribution is 0.387. The van der Waals surface area contributed by atoms with Gasteiger partial charge in [-0.25, -0.2) is 12.8 Å². The van der Waals surface area contributed by atoms with Crippen LogP contribution in [0.2, 0.25) is 0 Å². The van der Waals surface area contributed by atoms with Gasteiger partial charge in [0.05, 0.1) is 18.6 Å². The van der Waals surface area contributed by atoms with Gasteiger partial charge in [-0.2, -0.15) is 0 Å². The van der Waals surface area contributed by atoms with Crippen LogP contribution in [0.4, 0.5) is 0 Å². The molecule has 3 rings (SSSR count). The van der Waals surface area contributed by atoms with Gasteiger partial charge in [-0.3, -0.25) is 0 Å². The van der Waals surface area contributed by atoms with E-state index in [1.165, 1.54) is 0 Å². The first kappa shape index (κ1) is 12.4. The van der Waals surface area contributed by atoms with Crippen LogP contribution in [0, 0.1) is 0 Å². The highest BCUT2D eigenvalue weighted by molar-refractivity contribution is 7.91. The van der Waals surface area contributed by atoms with Crippen LogP contribution in [0.1, 0.15) is 24.6 Å². The predicted molar refractivity (Wildman–Crippen MR) is 70.2 cm³/mol. The summed E-state index contributed by atoms with van der Waals surface area (Å²) in [6.45, 7) is 0. The number of fused-ring (bicyclic) bond motifs is 1. The highest BCUT2D eigenvalue weighted by Gasteiger charge is 2.29. The first-order chi connectivity index (χ1) is 9.11. The lowest BCUT2D eigenvalue weighted by Gasteiger charge is -2.20. The molecule has 7 heteroatoms. The van der Waals surface area contributed by atoms with Gasteiger partial charge in [0.15, 0.2) is 15.5 Å². The quantitative estimate of drug-likeness (QED) is 0.822. The van der Waals surface area contributed by atoms with Crippen LogP contribution >= 0.6 is 0 Å². The van der Waals surface area contributed by atoms with Crippen molar-refractivity contribution in [3.63, 3.8) is 0 Å². The Morgan fingerprint density at radius 2 is 2.21 bits per heavy atom. The number of ether oxygens (including phenoxy) is 1. The SMILES string of the molecule is COc1cccc2nnc(C3CCCS(=O)(=O)C3)n12. The summed E-state index contributed by atoms with van der Waals surface area (Å²) < 4.78 is 30.6. The fourth-order valence-electron chi connectivity index (χ4n) is 2.58. The summed E-state index contributed by atoms with van der Waals surface area (Å²) in [7, 11) is -1.39. The minimum atomic E-state index is -2.97. The second kappa shape index (κ2) is 4.48. The highest BCUT2D eigenvalue weighted by atomic mass is 32.2. The molecule has 1 aliphatic heterocycles. The molecule has 0 amide bonds. The Morgan fingerprint density at radius 3 is 2.95 bits per heavy atom. The summed E-state index contributed by atoms with van der Waals surface area (Å²) in [4.78, 5) is 0. The topological polar surface area (TPSA) is 73.6 Å². The van der Waals surface area contributed by atoms with Crippen molar-refractivity contribution in [2.75, 3.05) is 18.6 Å². The molecular weight excluding hydrogens is 266 g/mol. The molecule has 1 saturated heterocycles. The normalized spacial score (nSPS) is 22.5. The summed E-state index contributed by atoms with van der Waals surface area (Å²) in [5.41, 5.74) is 0.678. The van der Waals surface area contributed by atoms with Crippen LogP contribution in [0.3, 0.4) is 0 Å². The van der Waals surface area contributed by atoms with Crippen LogP contribution in [0.15, 0.2) is 18.2 Å². The van der Waals surface area contributed by atoms with Crippen LogP contribution in [-0.2, 0) is 9.84 Å². The number of methoxy groups -OCH3 is 1. The molecule has 0 spiro atoms. The zero-order valence-electron chi connectivity index (χ0n) is 10.6. The van der Waals surface area contributed by atoms with E-state index < -0.39 is 9.84 Å². The predicted octanol–water partition coefficient (Wildman–Crippen LogP) is 1.03. The molecule has 3 heterocycles. The number of nitrogens with zero attached hydrogens (tertiary/aromatic N) is 3. The van der Waals surface area contributed by atoms with Crippen molar-refractivity contribution < 1.29 is 13.2 Å². The van der Waals surface area contributed by atoms with Crippen molar-refractivity contribution in [2.45, 2.75) is 18.8 Å². The summed E-state index contributed by atoms with van der Waals surface area (Å²) in [5, 5.41) is 8.25. The van der Waals surface area contributed by atoms with Crippen molar-refractivity contribution in [2.24, 2.45) is 0 Å². The van der Waals surface area contributed by atoms with Gasteiger partial charge in [0.1, 0.15) is 5.82 Å². The molecule has 1 unspecified atom stereocenters. The Morgan fingerprint density at radius 1 is 1.37 bits per heavy atom. The van der Waals surface area contributed by atoms with Gasteiger partial charge >= 0.3 is 0 Å². The Kier molecular flexibility index (Phi) is 2.93. The molecule has 1 atom stereocenters. The van der Waals surface area contributed by atoms with E-state index in [1.54, 1.807) is 11.5 Å². The van der Waals surface area contributed by atoms with Crippen molar-refractivity contribution >= 4 is 15.5 Å². The first-order valence-corrected chi connectivity index (χ1v) is 8.01. The maximum atomic E-state index is 11.8. The summed E-state index contributed by atoms with van der Waals surface area (Å²) in [5.74, 6) is 1.62. The van der Waals surface area contributed by atoms with Crippen molar-refractivity contribution in [3.05, 3.63) is 24.0 Å². The van der Waals surface area contributed by atoms with Crippen molar-refractivity contribution in [3.8, 4) is 5.88 Å². The number of hydrogen-bond acceptors (Lipinski definition) is 5. The highest BCUT2D eigenvalue weighted by Crippen LogP contribution is 2.29. The molecule has 0 saturated carbocycles. The molecule has 0 radical (unpaired) electrons. The lowest BCUT2D eigenvalue weighted by Crippen LogP contribution is -2.25. The Bertz CT molecular complexity index is 708. The average molecular weight is 281 g/mol. The van der Waals surface area contributed by atoms with Gasteiger partial charge in [0.2, 0.25) is 5.88 Å². The van der Waals surface area contributed by atoms with E-state index in [1.807, 2.05) is 18.2 Å². The standard InChI is InChI=1S/C12H15N3O3S/c1-18-11-6-2-5-10-13-14-12(15(10)11)9-4-3-7-19(16,17)8-9/h2,5-6,9H,3-4,7-8H2,1H3. The molecule has 102 valence electrons. The molecule has 19 heavy (non-hydrogen) atoms. The second-order valence-corrected chi connectivity index (χ2v) is 7.00. The van der Waals surface area contributed by atoms with Crippen LogP contribution in [-0.4, -0.2) is 41.6 Å². The van der Waals surface area contributed by atoms with E-state index in [-0.39, 0.29) is 17.4 Å². The minimum Gasteiger partial charge on any atom is -0.482 e. The second-order valence-electron chi connectivity index (χ2n) is 4.77. The monoisotopic (exact) mass is 281 g/mol. The molecule has 0 bridgehead atoms. The van der Waals surface area contributed by atoms with Gasteiger partial charge in [0, 0.05) is 5.92 Å². The number of hydrogen-bond donors (Lipinski definition) is 0. The Hall–Kier alpha value is -1.63. The number of rotatable bonds is 2. The maximum Gasteiger partial charge on any atom is 0.200 e. The number of sulfone groups is 1. The smallest absolute Gasteiger partial charge is 0.200 e. The summed E-state index contributed by atoms with van der Waals surface area (Å²) in [6.07, 6.45) is 1.50.